The van der Waals surface area contributed by atoms with Crippen LogP contribution in [0.1, 0.15) is 0 Å². The van der Waals surface area contributed by atoms with Crippen LogP contribution in [0.5, 0.6) is 0 Å². The number of thiophene rings is 1. The highest BCUT2D eigenvalue weighted by Gasteiger charge is 2.15. The zero-order chi connectivity index (χ0) is 12.5. The van der Waals surface area contributed by atoms with Crippen molar-refractivity contribution < 1.29 is 8.42 Å². The summed E-state index contributed by atoms with van der Waals surface area (Å²) in [6.45, 7) is 0. The lowest BCUT2D eigenvalue weighted by molar-refractivity contribution is 0.603. The zero-order valence-electron chi connectivity index (χ0n) is 8.55. The standard InChI is InChI=1S/C10H9ClN2O2S2/c11-8-6-7(3-4-9(8)12)13-17(14,15)10-2-1-5-16-10/h1-6,13H,12H2. The number of sulfonamides is 1. The summed E-state index contributed by atoms with van der Waals surface area (Å²) >= 11 is 6.96. The maximum Gasteiger partial charge on any atom is 0.271 e. The van der Waals surface area contributed by atoms with E-state index in [9.17, 15) is 8.42 Å². The summed E-state index contributed by atoms with van der Waals surface area (Å²) in [6, 6.07) is 7.80. The Morgan fingerprint density at radius 3 is 2.65 bits per heavy atom. The first-order valence-electron chi connectivity index (χ1n) is 4.60. The minimum Gasteiger partial charge on any atom is -0.398 e. The molecule has 1 aromatic heterocycles. The summed E-state index contributed by atoms with van der Waals surface area (Å²) in [6.07, 6.45) is 0. The van der Waals surface area contributed by atoms with Gasteiger partial charge in [-0.3, -0.25) is 4.72 Å². The molecule has 0 aliphatic heterocycles. The first kappa shape index (κ1) is 12.2. The number of hydrogen-bond acceptors (Lipinski definition) is 4. The monoisotopic (exact) mass is 288 g/mol. The predicted molar refractivity (Wildman–Crippen MR) is 71.0 cm³/mol. The first-order chi connectivity index (χ1) is 7.99. The number of nitrogens with one attached hydrogen (secondary N) is 1. The SMILES string of the molecule is Nc1ccc(NS(=O)(=O)c2cccs2)cc1Cl. The summed E-state index contributed by atoms with van der Waals surface area (Å²) in [4.78, 5) is 0. The third-order valence-corrected chi connectivity index (χ3v) is 5.12. The van der Waals surface area contributed by atoms with Gasteiger partial charge in [0.1, 0.15) is 4.21 Å². The number of nitrogen functional groups attached to an aromatic ring is 1. The molecule has 1 heterocycles. The van der Waals surface area contributed by atoms with Crippen LogP contribution in [0, 0.1) is 0 Å². The van der Waals surface area contributed by atoms with Crippen LogP contribution in [0.2, 0.25) is 5.02 Å². The Balaban J connectivity index is 2.30. The van der Waals surface area contributed by atoms with E-state index >= 15 is 0 Å². The second-order valence-electron chi connectivity index (χ2n) is 3.27. The minimum atomic E-state index is -3.53. The molecule has 0 radical (unpaired) electrons. The van der Waals surface area contributed by atoms with Gasteiger partial charge < -0.3 is 5.73 Å². The largest absolute Gasteiger partial charge is 0.398 e. The van der Waals surface area contributed by atoms with Crippen molar-refractivity contribution in [2.75, 3.05) is 10.5 Å². The fourth-order valence-corrected chi connectivity index (χ4v) is 3.44. The number of anilines is 2. The van der Waals surface area contributed by atoms with Crippen LogP contribution < -0.4 is 10.5 Å². The summed E-state index contributed by atoms with van der Waals surface area (Å²) in [5.74, 6) is 0. The molecular weight excluding hydrogens is 280 g/mol. The summed E-state index contributed by atoms with van der Waals surface area (Å²) in [5.41, 5.74) is 6.33. The Morgan fingerprint density at radius 2 is 2.06 bits per heavy atom. The molecule has 17 heavy (non-hydrogen) atoms. The van der Waals surface area contributed by atoms with Gasteiger partial charge in [-0.1, -0.05) is 17.7 Å². The van der Waals surface area contributed by atoms with Gasteiger partial charge in [0.15, 0.2) is 0 Å². The molecule has 0 saturated carbocycles. The minimum absolute atomic E-state index is 0.255. The van der Waals surface area contributed by atoms with Gasteiger partial charge in [0.25, 0.3) is 10.0 Å². The van der Waals surface area contributed by atoms with Gasteiger partial charge in [-0.15, -0.1) is 11.3 Å². The van der Waals surface area contributed by atoms with Gasteiger partial charge in [0.2, 0.25) is 0 Å². The van der Waals surface area contributed by atoms with E-state index in [1.807, 2.05) is 0 Å². The number of hydrogen-bond donors (Lipinski definition) is 2. The van der Waals surface area contributed by atoms with Crippen molar-refractivity contribution in [2.45, 2.75) is 4.21 Å². The molecule has 2 rings (SSSR count). The molecule has 0 aliphatic rings. The number of halogens is 1. The van der Waals surface area contributed by atoms with Crippen LogP contribution in [-0.2, 0) is 10.0 Å². The van der Waals surface area contributed by atoms with E-state index in [2.05, 4.69) is 4.72 Å². The Kier molecular flexibility index (Phi) is 3.28. The average Bonchev–Trinajstić information content (AvgIpc) is 2.77. The van der Waals surface area contributed by atoms with E-state index < -0.39 is 10.0 Å². The van der Waals surface area contributed by atoms with E-state index in [0.717, 1.165) is 11.3 Å². The topological polar surface area (TPSA) is 72.2 Å². The Bertz CT molecular complexity index is 624. The van der Waals surface area contributed by atoms with Crippen LogP contribution in [0.4, 0.5) is 11.4 Å². The molecule has 1 aromatic carbocycles. The van der Waals surface area contributed by atoms with Gasteiger partial charge in [0.05, 0.1) is 16.4 Å². The van der Waals surface area contributed by atoms with E-state index in [1.54, 1.807) is 23.6 Å². The molecule has 90 valence electrons. The lowest BCUT2D eigenvalue weighted by Gasteiger charge is -2.07. The van der Waals surface area contributed by atoms with Gasteiger partial charge in [-0.05, 0) is 29.6 Å². The predicted octanol–water partition coefficient (Wildman–Crippen LogP) is 2.78. The molecule has 0 bridgehead atoms. The Labute approximate surface area is 108 Å². The van der Waals surface area contributed by atoms with Crippen molar-refractivity contribution >= 4 is 44.3 Å². The Morgan fingerprint density at radius 1 is 1.29 bits per heavy atom. The zero-order valence-corrected chi connectivity index (χ0v) is 10.9. The molecule has 0 saturated heterocycles. The molecule has 0 amide bonds. The average molecular weight is 289 g/mol. The summed E-state index contributed by atoms with van der Waals surface area (Å²) in [5, 5.41) is 2.02. The van der Waals surface area contributed by atoms with Crippen LogP contribution in [0.25, 0.3) is 0 Å². The van der Waals surface area contributed by atoms with Gasteiger partial charge in [0, 0.05) is 0 Å². The molecule has 7 heteroatoms. The summed E-state index contributed by atoms with van der Waals surface area (Å²) < 4.78 is 26.5. The summed E-state index contributed by atoms with van der Waals surface area (Å²) in [7, 11) is -3.53. The number of nitrogens with two attached hydrogens (primary N) is 1. The molecule has 0 spiro atoms. The normalized spacial score (nSPS) is 11.4. The van der Waals surface area contributed by atoms with Gasteiger partial charge in [-0.2, -0.15) is 0 Å². The third-order valence-electron chi connectivity index (χ3n) is 2.01. The molecule has 0 aliphatic carbocycles. The second kappa shape index (κ2) is 4.56. The number of benzene rings is 1. The van der Waals surface area contributed by atoms with E-state index in [4.69, 9.17) is 17.3 Å². The maximum atomic E-state index is 11.9. The van der Waals surface area contributed by atoms with Crippen LogP contribution in [0.3, 0.4) is 0 Å². The number of rotatable bonds is 3. The van der Waals surface area contributed by atoms with Crippen molar-refractivity contribution in [1.82, 2.24) is 0 Å². The van der Waals surface area contributed by atoms with E-state index in [0.29, 0.717) is 16.4 Å². The second-order valence-corrected chi connectivity index (χ2v) is 6.54. The van der Waals surface area contributed by atoms with Crippen molar-refractivity contribution in [1.29, 1.82) is 0 Å². The highest BCUT2D eigenvalue weighted by Crippen LogP contribution is 2.25. The lowest BCUT2D eigenvalue weighted by Crippen LogP contribution is -2.11. The molecule has 3 N–H and O–H groups in total. The molecule has 4 nitrogen and oxygen atoms in total. The fraction of sp³-hybridized carbons (Fsp3) is 0. The van der Waals surface area contributed by atoms with Crippen LogP contribution in [0.15, 0.2) is 39.9 Å². The quantitative estimate of drug-likeness (QED) is 0.853. The highest BCUT2D eigenvalue weighted by molar-refractivity contribution is 7.94. The molecule has 0 fully saturated rings. The fourth-order valence-electron chi connectivity index (χ4n) is 1.21. The lowest BCUT2D eigenvalue weighted by atomic mass is 10.3. The molecule has 0 atom stereocenters. The van der Waals surface area contributed by atoms with Gasteiger partial charge >= 0.3 is 0 Å². The van der Waals surface area contributed by atoms with E-state index in [1.165, 1.54) is 12.1 Å². The van der Waals surface area contributed by atoms with Crippen molar-refractivity contribution in [3.63, 3.8) is 0 Å². The van der Waals surface area contributed by atoms with Crippen molar-refractivity contribution in [2.24, 2.45) is 0 Å². The van der Waals surface area contributed by atoms with E-state index in [-0.39, 0.29) is 4.21 Å². The van der Waals surface area contributed by atoms with Crippen molar-refractivity contribution in [3.05, 3.63) is 40.7 Å². The Hall–Kier alpha value is -1.24. The van der Waals surface area contributed by atoms with Crippen LogP contribution in [-0.4, -0.2) is 8.42 Å². The molecule has 0 unspecified atom stereocenters. The smallest absolute Gasteiger partial charge is 0.271 e. The molecular formula is C10H9ClN2O2S2. The van der Waals surface area contributed by atoms with Crippen molar-refractivity contribution in [3.8, 4) is 0 Å². The van der Waals surface area contributed by atoms with Crippen LogP contribution >= 0.6 is 22.9 Å². The third kappa shape index (κ3) is 2.71. The highest BCUT2D eigenvalue weighted by atomic mass is 35.5. The maximum absolute atomic E-state index is 11.9. The molecule has 2 aromatic rings. The first-order valence-corrected chi connectivity index (χ1v) is 7.34. The van der Waals surface area contributed by atoms with Gasteiger partial charge in [-0.25, -0.2) is 8.42 Å².